The maximum Gasteiger partial charge on any atom is 0.243 e. The maximum atomic E-state index is 13.3. The number of sulfonamides is 1. The number of carbonyl (C=O) groups excluding carboxylic acids is 2. The van der Waals surface area contributed by atoms with Gasteiger partial charge in [0.05, 0.1) is 24.2 Å². The molecule has 0 fully saturated rings. The number of hydrogen-bond acceptors (Lipinski definition) is 5. The zero-order chi connectivity index (χ0) is 23.8. The fourth-order valence-electron chi connectivity index (χ4n) is 3.38. The summed E-state index contributed by atoms with van der Waals surface area (Å²) in [5.41, 5.74) is 0.494. The summed E-state index contributed by atoms with van der Waals surface area (Å²) in [6.07, 6.45) is 1.51. The Bertz CT molecular complexity index is 1150. The molecule has 0 saturated carbocycles. The number of rotatable bonds is 10. The quantitative estimate of drug-likeness (QED) is 0.475. The monoisotopic (exact) mass is 469 g/mol. The standard InChI is InChI=1S/C24H27N3O5S/c1-18(2)23(24(29)25-16-20-12-9-15-32-20)27(19-10-5-3-6-11-19)22(28)17-26-33(30,31)21-13-7-4-8-14-21/h3-15,18,23,26H,16-17H2,1-2H3,(H,25,29)/t23-/m1/s1. The second-order valence-corrected chi connectivity index (χ2v) is 9.49. The van der Waals surface area contributed by atoms with E-state index in [0.717, 1.165) is 0 Å². The third kappa shape index (κ3) is 6.30. The van der Waals surface area contributed by atoms with Gasteiger partial charge in [0.2, 0.25) is 21.8 Å². The molecule has 1 heterocycles. The van der Waals surface area contributed by atoms with Crippen LogP contribution in [0.25, 0.3) is 0 Å². The number of amides is 2. The minimum atomic E-state index is -3.89. The third-order valence-electron chi connectivity index (χ3n) is 4.97. The highest BCUT2D eigenvalue weighted by molar-refractivity contribution is 7.89. The molecule has 0 aliphatic rings. The van der Waals surface area contributed by atoms with Crippen LogP contribution >= 0.6 is 0 Å². The molecule has 174 valence electrons. The van der Waals surface area contributed by atoms with Crippen LogP contribution in [0, 0.1) is 5.92 Å². The first-order chi connectivity index (χ1) is 15.8. The second kappa shape index (κ2) is 10.9. The van der Waals surface area contributed by atoms with Crippen LogP contribution in [0.2, 0.25) is 0 Å². The topological polar surface area (TPSA) is 109 Å². The largest absolute Gasteiger partial charge is 0.467 e. The molecule has 0 radical (unpaired) electrons. The van der Waals surface area contributed by atoms with Gasteiger partial charge in [-0.05, 0) is 42.3 Å². The molecular weight excluding hydrogens is 442 g/mol. The van der Waals surface area contributed by atoms with E-state index >= 15 is 0 Å². The van der Waals surface area contributed by atoms with Gasteiger partial charge in [-0.25, -0.2) is 13.1 Å². The molecule has 0 unspecified atom stereocenters. The van der Waals surface area contributed by atoms with Crippen molar-refractivity contribution in [1.82, 2.24) is 10.0 Å². The van der Waals surface area contributed by atoms with Gasteiger partial charge in [0.15, 0.2) is 0 Å². The summed E-state index contributed by atoms with van der Waals surface area (Å²) in [6.45, 7) is 3.33. The van der Waals surface area contributed by atoms with E-state index in [9.17, 15) is 18.0 Å². The number of benzene rings is 2. The third-order valence-corrected chi connectivity index (χ3v) is 6.38. The fourth-order valence-corrected chi connectivity index (χ4v) is 4.38. The van der Waals surface area contributed by atoms with Crippen molar-refractivity contribution in [2.45, 2.75) is 31.3 Å². The smallest absolute Gasteiger partial charge is 0.243 e. The van der Waals surface area contributed by atoms with E-state index in [1.165, 1.54) is 23.3 Å². The predicted octanol–water partition coefficient (Wildman–Crippen LogP) is 2.93. The van der Waals surface area contributed by atoms with E-state index in [0.29, 0.717) is 11.4 Å². The summed E-state index contributed by atoms with van der Waals surface area (Å²) in [4.78, 5) is 27.8. The Kier molecular flexibility index (Phi) is 8.02. The Labute approximate surface area is 193 Å². The van der Waals surface area contributed by atoms with Crippen molar-refractivity contribution in [1.29, 1.82) is 0 Å². The lowest BCUT2D eigenvalue weighted by atomic mass is 10.00. The SMILES string of the molecule is CC(C)[C@H](C(=O)NCc1ccco1)N(C(=O)CNS(=O)(=O)c1ccccc1)c1ccccc1. The first-order valence-corrected chi connectivity index (χ1v) is 12.0. The molecular formula is C24H27N3O5S. The van der Waals surface area contributed by atoms with Crippen LogP contribution in [0.3, 0.4) is 0 Å². The van der Waals surface area contributed by atoms with Gasteiger partial charge in [0.25, 0.3) is 0 Å². The van der Waals surface area contributed by atoms with Gasteiger partial charge in [-0.2, -0.15) is 0 Å². The molecule has 0 spiro atoms. The Morgan fingerprint density at radius 2 is 1.58 bits per heavy atom. The zero-order valence-electron chi connectivity index (χ0n) is 18.5. The molecule has 0 bridgehead atoms. The highest BCUT2D eigenvalue weighted by Gasteiger charge is 2.34. The van der Waals surface area contributed by atoms with E-state index in [2.05, 4.69) is 10.0 Å². The number of para-hydroxylation sites is 1. The van der Waals surface area contributed by atoms with Gasteiger partial charge in [0.1, 0.15) is 11.8 Å². The molecule has 8 nitrogen and oxygen atoms in total. The summed E-state index contributed by atoms with van der Waals surface area (Å²) >= 11 is 0. The molecule has 3 rings (SSSR count). The molecule has 2 aromatic carbocycles. The summed E-state index contributed by atoms with van der Waals surface area (Å²) in [5.74, 6) is -0.590. The van der Waals surface area contributed by atoms with Gasteiger partial charge < -0.3 is 9.73 Å². The lowest BCUT2D eigenvalue weighted by Crippen LogP contribution is -2.54. The van der Waals surface area contributed by atoms with Crippen molar-refractivity contribution >= 4 is 27.5 Å². The molecule has 0 aliphatic heterocycles. The van der Waals surface area contributed by atoms with Crippen molar-refractivity contribution in [2.24, 2.45) is 5.92 Å². The highest BCUT2D eigenvalue weighted by Crippen LogP contribution is 2.22. The fraction of sp³-hybridized carbons (Fsp3) is 0.250. The Morgan fingerprint density at radius 3 is 2.15 bits per heavy atom. The number of anilines is 1. The number of carbonyl (C=O) groups is 2. The number of hydrogen-bond donors (Lipinski definition) is 2. The number of nitrogens with one attached hydrogen (secondary N) is 2. The number of furan rings is 1. The van der Waals surface area contributed by atoms with Gasteiger partial charge in [0, 0.05) is 5.69 Å². The van der Waals surface area contributed by atoms with Crippen LogP contribution in [0.15, 0.2) is 88.4 Å². The van der Waals surface area contributed by atoms with Crippen LogP contribution in [0.5, 0.6) is 0 Å². The molecule has 0 aliphatic carbocycles. The van der Waals surface area contributed by atoms with Gasteiger partial charge in [-0.3, -0.25) is 14.5 Å². The summed E-state index contributed by atoms with van der Waals surface area (Å²) in [5, 5.41) is 2.80. The molecule has 33 heavy (non-hydrogen) atoms. The van der Waals surface area contributed by atoms with Crippen molar-refractivity contribution < 1.29 is 22.4 Å². The average molecular weight is 470 g/mol. The molecule has 9 heteroatoms. The van der Waals surface area contributed by atoms with Gasteiger partial charge in [-0.15, -0.1) is 0 Å². The molecule has 2 N–H and O–H groups in total. The van der Waals surface area contributed by atoms with Crippen LogP contribution < -0.4 is 14.9 Å². The minimum absolute atomic E-state index is 0.0562. The van der Waals surface area contributed by atoms with Crippen molar-refractivity contribution in [3.8, 4) is 0 Å². The normalized spacial score (nSPS) is 12.3. The Morgan fingerprint density at radius 1 is 0.939 bits per heavy atom. The maximum absolute atomic E-state index is 13.3. The first kappa shape index (κ1) is 24.2. The van der Waals surface area contributed by atoms with E-state index in [1.54, 1.807) is 60.7 Å². The predicted molar refractivity (Wildman–Crippen MR) is 125 cm³/mol. The molecule has 0 saturated heterocycles. The van der Waals surface area contributed by atoms with Gasteiger partial charge in [-0.1, -0.05) is 50.2 Å². The van der Waals surface area contributed by atoms with E-state index in [4.69, 9.17) is 4.42 Å². The van der Waals surface area contributed by atoms with Crippen LogP contribution in [0.1, 0.15) is 19.6 Å². The molecule has 1 atom stereocenters. The van der Waals surface area contributed by atoms with E-state index in [1.807, 2.05) is 13.8 Å². The average Bonchev–Trinajstić information content (AvgIpc) is 3.34. The Balaban J connectivity index is 1.83. The van der Waals surface area contributed by atoms with Crippen molar-refractivity contribution in [2.75, 3.05) is 11.4 Å². The molecule has 3 aromatic rings. The van der Waals surface area contributed by atoms with E-state index in [-0.39, 0.29) is 23.3 Å². The lowest BCUT2D eigenvalue weighted by molar-refractivity contribution is -0.127. The zero-order valence-corrected chi connectivity index (χ0v) is 19.3. The summed E-state index contributed by atoms with van der Waals surface area (Å²) in [7, 11) is -3.89. The molecule has 2 amide bonds. The molecule has 1 aromatic heterocycles. The lowest BCUT2D eigenvalue weighted by Gasteiger charge is -2.33. The van der Waals surface area contributed by atoms with Gasteiger partial charge >= 0.3 is 0 Å². The first-order valence-electron chi connectivity index (χ1n) is 10.5. The van der Waals surface area contributed by atoms with Crippen molar-refractivity contribution in [3.63, 3.8) is 0 Å². The van der Waals surface area contributed by atoms with E-state index < -0.39 is 28.5 Å². The Hall–Kier alpha value is -3.43. The number of nitrogens with zero attached hydrogens (tertiary/aromatic N) is 1. The minimum Gasteiger partial charge on any atom is -0.467 e. The highest BCUT2D eigenvalue weighted by atomic mass is 32.2. The summed E-state index contributed by atoms with van der Waals surface area (Å²) < 4.78 is 32.8. The van der Waals surface area contributed by atoms with Crippen LogP contribution in [0.4, 0.5) is 5.69 Å². The van der Waals surface area contributed by atoms with Crippen LogP contribution in [-0.2, 0) is 26.2 Å². The van der Waals surface area contributed by atoms with Crippen LogP contribution in [-0.4, -0.2) is 32.8 Å². The second-order valence-electron chi connectivity index (χ2n) is 7.72. The summed E-state index contributed by atoms with van der Waals surface area (Å²) in [6, 6.07) is 19.1. The van der Waals surface area contributed by atoms with Crippen molar-refractivity contribution in [3.05, 3.63) is 84.8 Å².